The molecular weight excluding hydrogens is 264 g/mol. The van der Waals surface area contributed by atoms with Crippen LogP contribution >= 0.6 is 0 Å². The van der Waals surface area contributed by atoms with Crippen LogP contribution in [0.2, 0.25) is 0 Å². The minimum atomic E-state index is -0.303. The van der Waals surface area contributed by atoms with Crippen LogP contribution < -0.4 is 5.32 Å². The summed E-state index contributed by atoms with van der Waals surface area (Å²) in [6.07, 6.45) is 0. The van der Waals surface area contributed by atoms with Gasteiger partial charge in [-0.25, -0.2) is 4.98 Å². The second kappa shape index (κ2) is 5.68. The molecule has 0 atom stereocenters. The Bertz CT molecular complexity index is 638. The van der Waals surface area contributed by atoms with E-state index in [0.29, 0.717) is 11.7 Å². The van der Waals surface area contributed by atoms with Crippen molar-refractivity contribution in [3.8, 4) is 0 Å². The fourth-order valence-electron chi connectivity index (χ4n) is 1.86. The second-order valence-corrected chi connectivity index (χ2v) is 6.49. The van der Waals surface area contributed by atoms with Gasteiger partial charge >= 0.3 is 0 Å². The van der Waals surface area contributed by atoms with Crippen LogP contribution in [-0.2, 0) is 5.41 Å². The van der Waals surface area contributed by atoms with Gasteiger partial charge in [-0.3, -0.25) is 9.89 Å². The Kier molecular flexibility index (Phi) is 4.11. The highest BCUT2D eigenvalue weighted by Gasteiger charge is 2.21. The van der Waals surface area contributed by atoms with E-state index in [1.807, 2.05) is 45.0 Å². The van der Waals surface area contributed by atoms with E-state index in [-0.39, 0.29) is 17.1 Å². The molecule has 2 aromatic rings. The minimum absolute atomic E-state index is 0.162. The highest BCUT2D eigenvalue weighted by atomic mass is 16.2. The van der Waals surface area contributed by atoms with E-state index in [1.54, 1.807) is 0 Å². The molecule has 0 aliphatic heterocycles. The Balaban J connectivity index is 2.15. The number of rotatable bonds is 3. The zero-order chi connectivity index (χ0) is 15.6. The van der Waals surface area contributed by atoms with Gasteiger partial charge in [0.15, 0.2) is 0 Å². The normalized spacial score (nSPS) is 11.7. The lowest BCUT2D eigenvalue weighted by atomic mass is 9.96. The molecule has 0 bridgehead atoms. The lowest BCUT2D eigenvalue weighted by molar-refractivity contribution is 0.101. The van der Waals surface area contributed by atoms with E-state index < -0.39 is 0 Å². The summed E-state index contributed by atoms with van der Waals surface area (Å²) in [6, 6.07) is 7.81. The van der Waals surface area contributed by atoms with Crippen LogP contribution in [-0.4, -0.2) is 21.1 Å². The number of aromatic nitrogens is 3. The molecule has 0 saturated heterocycles. The zero-order valence-corrected chi connectivity index (χ0v) is 13.2. The van der Waals surface area contributed by atoms with Crippen LogP contribution in [0.1, 0.15) is 62.5 Å². The molecule has 1 aromatic heterocycles. The van der Waals surface area contributed by atoms with Crippen LogP contribution in [0.25, 0.3) is 0 Å². The van der Waals surface area contributed by atoms with Gasteiger partial charge in [-0.05, 0) is 23.6 Å². The number of aromatic amines is 1. The van der Waals surface area contributed by atoms with E-state index in [4.69, 9.17) is 0 Å². The number of carbonyl (C=O) groups excluding carboxylic acids is 1. The standard InChI is InChI=1S/C16H22N4O/c1-10(2)11-7-6-8-12(9-11)17-14(21)13-18-15(20-19-13)16(3,4)5/h6-10H,1-5H3,(H,17,21)(H,18,19,20). The van der Waals surface area contributed by atoms with Crippen molar-refractivity contribution in [1.82, 2.24) is 15.2 Å². The first-order valence-corrected chi connectivity index (χ1v) is 7.11. The maximum Gasteiger partial charge on any atom is 0.295 e. The van der Waals surface area contributed by atoms with Gasteiger partial charge < -0.3 is 5.32 Å². The van der Waals surface area contributed by atoms with Gasteiger partial charge in [-0.1, -0.05) is 46.8 Å². The second-order valence-electron chi connectivity index (χ2n) is 6.49. The van der Waals surface area contributed by atoms with Gasteiger partial charge in [0.2, 0.25) is 5.82 Å². The maximum absolute atomic E-state index is 12.2. The number of nitrogens with zero attached hydrogens (tertiary/aromatic N) is 2. The third-order valence-corrected chi connectivity index (χ3v) is 3.21. The molecule has 0 spiro atoms. The zero-order valence-electron chi connectivity index (χ0n) is 13.2. The first kappa shape index (κ1) is 15.2. The lowest BCUT2D eigenvalue weighted by Crippen LogP contribution is -2.16. The Hall–Kier alpha value is -2.17. The minimum Gasteiger partial charge on any atom is -0.319 e. The molecule has 1 heterocycles. The number of anilines is 1. The Morgan fingerprint density at radius 3 is 2.57 bits per heavy atom. The molecular formula is C16H22N4O. The molecule has 5 nitrogen and oxygen atoms in total. The number of benzene rings is 1. The Labute approximate surface area is 125 Å². The summed E-state index contributed by atoms with van der Waals surface area (Å²) in [7, 11) is 0. The van der Waals surface area contributed by atoms with Crippen molar-refractivity contribution in [2.45, 2.75) is 46.0 Å². The SMILES string of the molecule is CC(C)c1cccc(NC(=O)c2n[nH]c(C(C)(C)C)n2)c1. The third-order valence-electron chi connectivity index (χ3n) is 3.21. The fraction of sp³-hybridized carbons (Fsp3) is 0.438. The van der Waals surface area contributed by atoms with Crippen molar-refractivity contribution < 1.29 is 4.79 Å². The van der Waals surface area contributed by atoms with Gasteiger partial charge in [0, 0.05) is 11.1 Å². The molecule has 5 heteroatoms. The van der Waals surface area contributed by atoms with Gasteiger partial charge in [-0.15, -0.1) is 5.10 Å². The lowest BCUT2D eigenvalue weighted by Gasteiger charge is -2.12. The number of H-pyrrole nitrogens is 1. The van der Waals surface area contributed by atoms with E-state index in [2.05, 4.69) is 34.3 Å². The average molecular weight is 286 g/mol. The number of carbonyl (C=O) groups is 1. The van der Waals surface area contributed by atoms with E-state index in [0.717, 1.165) is 5.69 Å². The molecule has 0 aliphatic rings. The van der Waals surface area contributed by atoms with Crippen molar-refractivity contribution in [1.29, 1.82) is 0 Å². The summed E-state index contributed by atoms with van der Waals surface area (Å²) in [5.41, 5.74) is 1.77. The Morgan fingerprint density at radius 2 is 2.00 bits per heavy atom. The summed E-state index contributed by atoms with van der Waals surface area (Å²) in [5, 5.41) is 9.64. The Morgan fingerprint density at radius 1 is 1.29 bits per heavy atom. The van der Waals surface area contributed by atoms with Gasteiger partial charge in [-0.2, -0.15) is 0 Å². The summed E-state index contributed by atoms with van der Waals surface area (Å²) < 4.78 is 0. The van der Waals surface area contributed by atoms with E-state index in [9.17, 15) is 4.79 Å². The molecule has 21 heavy (non-hydrogen) atoms. The first-order valence-electron chi connectivity index (χ1n) is 7.11. The summed E-state index contributed by atoms with van der Waals surface area (Å²) >= 11 is 0. The van der Waals surface area contributed by atoms with Crippen LogP contribution in [0.15, 0.2) is 24.3 Å². The molecule has 0 fully saturated rings. The maximum atomic E-state index is 12.2. The highest BCUT2D eigenvalue weighted by Crippen LogP contribution is 2.20. The van der Waals surface area contributed by atoms with Crippen molar-refractivity contribution in [3.63, 3.8) is 0 Å². The molecule has 0 saturated carbocycles. The number of hydrogen-bond donors (Lipinski definition) is 2. The largest absolute Gasteiger partial charge is 0.319 e. The quantitative estimate of drug-likeness (QED) is 0.907. The number of amides is 1. The molecule has 0 radical (unpaired) electrons. The molecule has 1 aromatic carbocycles. The van der Waals surface area contributed by atoms with Gasteiger partial charge in [0.25, 0.3) is 5.91 Å². The predicted molar refractivity (Wildman–Crippen MR) is 83.6 cm³/mol. The third kappa shape index (κ3) is 3.68. The van der Waals surface area contributed by atoms with Crippen LogP contribution in [0.4, 0.5) is 5.69 Å². The average Bonchev–Trinajstić information content (AvgIpc) is 2.88. The van der Waals surface area contributed by atoms with Crippen molar-refractivity contribution in [2.24, 2.45) is 0 Å². The van der Waals surface area contributed by atoms with Crippen molar-refractivity contribution in [3.05, 3.63) is 41.5 Å². The van der Waals surface area contributed by atoms with Gasteiger partial charge in [0.05, 0.1) is 0 Å². The summed E-state index contributed by atoms with van der Waals surface area (Å²) in [5.74, 6) is 0.971. The summed E-state index contributed by atoms with van der Waals surface area (Å²) in [6.45, 7) is 10.3. The van der Waals surface area contributed by atoms with Crippen LogP contribution in [0.3, 0.4) is 0 Å². The number of nitrogens with one attached hydrogen (secondary N) is 2. The molecule has 112 valence electrons. The molecule has 2 N–H and O–H groups in total. The molecule has 1 amide bonds. The van der Waals surface area contributed by atoms with Crippen molar-refractivity contribution >= 4 is 11.6 Å². The molecule has 0 unspecified atom stereocenters. The van der Waals surface area contributed by atoms with E-state index >= 15 is 0 Å². The van der Waals surface area contributed by atoms with Gasteiger partial charge in [0.1, 0.15) is 5.82 Å². The smallest absolute Gasteiger partial charge is 0.295 e. The van der Waals surface area contributed by atoms with Crippen LogP contribution in [0, 0.1) is 0 Å². The monoisotopic (exact) mass is 286 g/mol. The fourth-order valence-corrected chi connectivity index (χ4v) is 1.86. The van der Waals surface area contributed by atoms with Crippen molar-refractivity contribution in [2.75, 3.05) is 5.32 Å². The van der Waals surface area contributed by atoms with E-state index in [1.165, 1.54) is 5.56 Å². The van der Waals surface area contributed by atoms with Crippen LogP contribution in [0.5, 0.6) is 0 Å². The number of hydrogen-bond acceptors (Lipinski definition) is 3. The molecule has 0 aliphatic carbocycles. The predicted octanol–water partition coefficient (Wildman–Crippen LogP) is 3.48. The topological polar surface area (TPSA) is 70.7 Å². The summed E-state index contributed by atoms with van der Waals surface area (Å²) in [4.78, 5) is 16.4. The highest BCUT2D eigenvalue weighted by molar-refractivity contribution is 6.01. The molecule has 2 rings (SSSR count). The first-order chi connectivity index (χ1) is 9.77.